The van der Waals surface area contributed by atoms with Crippen LogP contribution in [0.2, 0.25) is 25.7 Å². The molecule has 4 heterocycles. The first-order chi connectivity index (χ1) is 21.4. The number of morpholine rings is 1. The Hall–Kier alpha value is -3.27. The van der Waals surface area contributed by atoms with Crippen molar-refractivity contribution >= 4 is 58.7 Å². The molecule has 5 rings (SSSR count). The molecular weight excluding hydrogens is 658 g/mol. The van der Waals surface area contributed by atoms with E-state index in [9.17, 15) is 4.79 Å². The van der Waals surface area contributed by atoms with Gasteiger partial charge in [-0.15, -0.1) is 0 Å². The van der Waals surface area contributed by atoms with Gasteiger partial charge in [-0.3, -0.25) is 0 Å². The van der Waals surface area contributed by atoms with Crippen molar-refractivity contribution in [2.75, 3.05) is 49.7 Å². The topological polar surface area (TPSA) is 133 Å². The Morgan fingerprint density at radius 1 is 1.13 bits per heavy atom. The number of carbonyl (C=O) groups is 1. The fourth-order valence-electron chi connectivity index (χ4n) is 4.83. The summed E-state index contributed by atoms with van der Waals surface area (Å²) in [6.07, 6.45) is 1.95. The molecule has 1 aliphatic heterocycles. The minimum atomic E-state index is -1.23. The summed E-state index contributed by atoms with van der Waals surface area (Å²) in [5.74, 6) is 2.01. The van der Waals surface area contributed by atoms with Crippen molar-refractivity contribution in [3.8, 4) is 0 Å². The van der Waals surface area contributed by atoms with Gasteiger partial charge in [0.2, 0.25) is 11.9 Å². The summed E-state index contributed by atoms with van der Waals surface area (Å²) in [5, 5.41) is 10.8. The number of anilines is 2. The molecule has 1 fully saturated rings. The molecule has 13 nitrogen and oxygen atoms in total. The van der Waals surface area contributed by atoms with E-state index in [2.05, 4.69) is 79.0 Å². The Balaban J connectivity index is 1.37. The van der Waals surface area contributed by atoms with Crippen LogP contribution in [0.5, 0.6) is 0 Å². The number of aromatic nitrogens is 6. The average molecular weight is 703 g/mol. The molecule has 0 bridgehead atoms. The number of fused-ring (bicyclic) bond motifs is 2. The zero-order chi connectivity index (χ0) is 32.2. The summed E-state index contributed by atoms with van der Waals surface area (Å²) >= 11 is 3.58. The van der Waals surface area contributed by atoms with Crippen molar-refractivity contribution in [1.29, 1.82) is 0 Å². The largest absolute Gasteiger partial charge is 0.444 e. The number of carbonyl (C=O) groups excluding carboxylic acids is 1. The number of ether oxygens (including phenoxy) is 3. The number of hydrogen-bond acceptors (Lipinski definition) is 10. The second-order valence-electron chi connectivity index (χ2n) is 13.3. The molecule has 45 heavy (non-hydrogen) atoms. The van der Waals surface area contributed by atoms with Crippen LogP contribution in [0.15, 0.2) is 28.9 Å². The molecule has 0 spiro atoms. The Bertz CT molecular complexity index is 1620. The predicted molar refractivity (Wildman–Crippen MR) is 181 cm³/mol. The van der Waals surface area contributed by atoms with Crippen molar-refractivity contribution in [2.24, 2.45) is 0 Å². The fraction of sp³-hybridized carbons (Fsp3) is 0.567. The number of nitrogens with one attached hydrogen (secondary N) is 2. The number of benzene rings is 1. The first kappa shape index (κ1) is 33.1. The van der Waals surface area contributed by atoms with Gasteiger partial charge in [0.25, 0.3) is 0 Å². The van der Waals surface area contributed by atoms with Crippen LogP contribution in [0.4, 0.5) is 16.7 Å². The van der Waals surface area contributed by atoms with E-state index in [1.54, 1.807) is 10.7 Å². The molecule has 0 aliphatic carbocycles. The molecule has 1 saturated heterocycles. The quantitative estimate of drug-likeness (QED) is 0.152. The third-order valence-electron chi connectivity index (χ3n) is 7.20. The Kier molecular flexibility index (Phi) is 10.3. The van der Waals surface area contributed by atoms with Gasteiger partial charge in [0.1, 0.15) is 18.2 Å². The molecule has 0 saturated carbocycles. The summed E-state index contributed by atoms with van der Waals surface area (Å²) in [7, 11) is -1.23. The number of nitrogens with zero attached hydrogens (tertiary/aromatic N) is 7. The Morgan fingerprint density at radius 3 is 2.64 bits per heavy atom. The predicted octanol–water partition coefficient (Wildman–Crippen LogP) is 5.06. The van der Waals surface area contributed by atoms with Crippen LogP contribution >= 0.6 is 15.9 Å². The number of imidazole rings is 1. The second-order valence-corrected chi connectivity index (χ2v) is 19.8. The van der Waals surface area contributed by atoms with E-state index in [4.69, 9.17) is 29.2 Å². The van der Waals surface area contributed by atoms with E-state index >= 15 is 0 Å². The minimum Gasteiger partial charge on any atom is -0.444 e. The maximum atomic E-state index is 12.1. The van der Waals surface area contributed by atoms with Crippen molar-refractivity contribution in [1.82, 2.24) is 34.4 Å². The van der Waals surface area contributed by atoms with E-state index in [1.807, 2.05) is 20.8 Å². The monoisotopic (exact) mass is 701 g/mol. The number of rotatable bonds is 12. The van der Waals surface area contributed by atoms with Gasteiger partial charge in [0.15, 0.2) is 5.65 Å². The standard InChI is InChI=1S/C30H44BrN9O4Si/c1-30(2,3)44-29(41)32-10-9-21-7-8-24-23(17-21)35-25(39(24)20-43-15-16-45(4,5)6)19-33-27-37-28(38-11-13-42-14-12-38)36-26-22(31)18-34-40(26)27/h7-8,17-18H,9-16,19-20H2,1-6H3,(H,32,41)(H,33,36,37). The molecule has 244 valence electrons. The molecule has 15 heteroatoms. The third-order valence-corrected chi connectivity index (χ3v) is 9.47. The molecule has 1 aromatic carbocycles. The van der Waals surface area contributed by atoms with Crippen molar-refractivity contribution in [3.63, 3.8) is 0 Å². The van der Waals surface area contributed by atoms with Crippen LogP contribution in [-0.4, -0.2) is 88.4 Å². The SMILES string of the molecule is CC(C)(C)OC(=O)NCCc1ccc2c(c1)nc(CNc1nc(N3CCOCC3)nc3c(Br)cnn13)n2COCC[Si](C)(C)C. The van der Waals surface area contributed by atoms with Crippen molar-refractivity contribution in [2.45, 2.75) is 71.8 Å². The van der Waals surface area contributed by atoms with Crippen LogP contribution in [-0.2, 0) is 33.9 Å². The number of alkyl carbamates (subject to hydrolysis) is 1. The first-order valence-electron chi connectivity index (χ1n) is 15.4. The van der Waals surface area contributed by atoms with Gasteiger partial charge in [0.05, 0.1) is 41.5 Å². The summed E-state index contributed by atoms with van der Waals surface area (Å²) in [4.78, 5) is 28.8. The molecule has 4 aromatic rings. The van der Waals surface area contributed by atoms with Crippen LogP contribution in [0, 0.1) is 0 Å². The van der Waals surface area contributed by atoms with E-state index in [-0.39, 0.29) is 0 Å². The molecule has 1 aliphatic rings. The lowest BCUT2D eigenvalue weighted by Crippen LogP contribution is -2.37. The van der Waals surface area contributed by atoms with Crippen LogP contribution in [0.25, 0.3) is 16.7 Å². The van der Waals surface area contributed by atoms with Gasteiger partial charge in [-0.1, -0.05) is 25.7 Å². The highest BCUT2D eigenvalue weighted by atomic mass is 79.9. The molecule has 0 radical (unpaired) electrons. The van der Waals surface area contributed by atoms with E-state index < -0.39 is 19.8 Å². The molecular formula is C30H44BrN9O4Si. The number of amides is 1. The van der Waals surface area contributed by atoms with Gasteiger partial charge < -0.3 is 34.3 Å². The van der Waals surface area contributed by atoms with Crippen LogP contribution in [0.1, 0.15) is 32.2 Å². The van der Waals surface area contributed by atoms with E-state index in [0.29, 0.717) is 63.6 Å². The lowest BCUT2D eigenvalue weighted by Gasteiger charge is -2.27. The molecule has 0 atom stereocenters. The van der Waals surface area contributed by atoms with Crippen LogP contribution in [0.3, 0.4) is 0 Å². The van der Waals surface area contributed by atoms with Gasteiger partial charge >= 0.3 is 6.09 Å². The fourth-order valence-corrected chi connectivity index (χ4v) is 5.94. The highest BCUT2D eigenvalue weighted by Gasteiger charge is 2.20. The number of halogens is 1. The molecule has 2 N–H and O–H groups in total. The molecule has 1 amide bonds. The lowest BCUT2D eigenvalue weighted by molar-refractivity contribution is 0.0528. The van der Waals surface area contributed by atoms with Gasteiger partial charge in [-0.05, 0) is 66.9 Å². The molecule has 0 unspecified atom stereocenters. The highest BCUT2D eigenvalue weighted by molar-refractivity contribution is 9.10. The average Bonchev–Trinajstić information content (AvgIpc) is 3.52. The Morgan fingerprint density at radius 2 is 1.91 bits per heavy atom. The zero-order valence-electron chi connectivity index (χ0n) is 27.0. The third kappa shape index (κ3) is 8.93. The Labute approximate surface area is 273 Å². The van der Waals surface area contributed by atoms with E-state index in [0.717, 1.165) is 46.0 Å². The smallest absolute Gasteiger partial charge is 0.407 e. The van der Waals surface area contributed by atoms with Crippen LogP contribution < -0.4 is 15.5 Å². The first-order valence-corrected chi connectivity index (χ1v) is 19.9. The van der Waals surface area contributed by atoms with Gasteiger partial charge in [-0.25, -0.2) is 9.78 Å². The zero-order valence-corrected chi connectivity index (χ0v) is 29.6. The normalized spacial score (nSPS) is 14.3. The van der Waals surface area contributed by atoms with Crippen molar-refractivity contribution < 1.29 is 19.0 Å². The van der Waals surface area contributed by atoms with Gasteiger partial charge in [0, 0.05) is 34.3 Å². The second kappa shape index (κ2) is 14.0. The summed E-state index contributed by atoms with van der Waals surface area (Å²) < 4.78 is 21.7. The number of hydrogen-bond donors (Lipinski definition) is 2. The maximum Gasteiger partial charge on any atom is 0.407 e. The summed E-state index contributed by atoms with van der Waals surface area (Å²) in [6.45, 7) is 17.3. The van der Waals surface area contributed by atoms with Gasteiger partial charge in [-0.2, -0.15) is 19.6 Å². The minimum absolute atomic E-state index is 0.392. The lowest BCUT2D eigenvalue weighted by atomic mass is 10.1. The summed E-state index contributed by atoms with van der Waals surface area (Å²) in [5.41, 5.74) is 3.05. The van der Waals surface area contributed by atoms with Crippen molar-refractivity contribution in [3.05, 3.63) is 40.3 Å². The van der Waals surface area contributed by atoms with E-state index in [1.165, 1.54) is 0 Å². The molecule has 3 aromatic heterocycles. The summed E-state index contributed by atoms with van der Waals surface area (Å²) in [6, 6.07) is 7.29. The highest BCUT2D eigenvalue weighted by Crippen LogP contribution is 2.24. The maximum absolute atomic E-state index is 12.1.